The number of benzene rings is 1. The summed E-state index contributed by atoms with van der Waals surface area (Å²) in [5.74, 6) is 2.50. The summed E-state index contributed by atoms with van der Waals surface area (Å²) in [6, 6.07) is 6.54. The number of allylic oxidation sites excluding steroid dienone is 1. The van der Waals surface area contributed by atoms with Gasteiger partial charge in [-0.2, -0.15) is 0 Å². The van der Waals surface area contributed by atoms with E-state index in [0.717, 1.165) is 11.7 Å². The molecule has 96 valence electrons. The molecule has 0 bridgehead atoms. The topological polar surface area (TPSA) is 9.23 Å². The first-order valence-electron chi connectivity index (χ1n) is 7.15. The molecule has 1 aromatic carbocycles. The maximum absolute atomic E-state index is 5.39. The third-order valence-corrected chi connectivity index (χ3v) is 4.62. The zero-order chi connectivity index (χ0) is 12.5. The van der Waals surface area contributed by atoms with Gasteiger partial charge in [0, 0.05) is 5.92 Å². The Morgan fingerprint density at radius 1 is 1.11 bits per heavy atom. The second kappa shape index (κ2) is 4.79. The van der Waals surface area contributed by atoms with Gasteiger partial charge in [0.15, 0.2) is 0 Å². The van der Waals surface area contributed by atoms with Crippen LogP contribution in [-0.2, 0) is 0 Å². The average Bonchev–Trinajstić information content (AvgIpc) is 2.74. The molecule has 0 amide bonds. The fourth-order valence-electron chi connectivity index (χ4n) is 3.75. The van der Waals surface area contributed by atoms with Gasteiger partial charge in [0.25, 0.3) is 0 Å². The van der Waals surface area contributed by atoms with Crippen LogP contribution >= 0.6 is 0 Å². The van der Waals surface area contributed by atoms with Crippen LogP contribution in [0.15, 0.2) is 23.8 Å². The second-order valence-electron chi connectivity index (χ2n) is 5.76. The number of methoxy groups -OCH3 is 1. The lowest BCUT2D eigenvalue weighted by atomic mass is 9.75. The van der Waals surface area contributed by atoms with Crippen molar-refractivity contribution in [2.45, 2.75) is 44.9 Å². The third-order valence-electron chi connectivity index (χ3n) is 4.62. The van der Waals surface area contributed by atoms with E-state index in [-0.39, 0.29) is 0 Å². The Hall–Kier alpha value is -1.24. The Balaban J connectivity index is 1.94. The standard InChI is InChI=1S/C17H22O/c1-12-10-14-8-9-15(18-2)11-16(14)17(12)13-6-4-3-5-7-13/h8-11,13,17H,3-7H2,1-2H3. The lowest BCUT2D eigenvalue weighted by Gasteiger charge is -2.29. The molecule has 0 N–H and O–H groups in total. The second-order valence-corrected chi connectivity index (χ2v) is 5.76. The van der Waals surface area contributed by atoms with Crippen molar-refractivity contribution >= 4 is 6.08 Å². The van der Waals surface area contributed by atoms with E-state index in [1.165, 1.54) is 43.2 Å². The molecular weight excluding hydrogens is 220 g/mol. The fourth-order valence-corrected chi connectivity index (χ4v) is 3.75. The van der Waals surface area contributed by atoms with Crippen molar-refractivity contribution in [3.05, 3.63) is 34.9 Å². The maximum Gasteiger partial charge on any atom is 0.119 e. The Morgan fingerprint density at radius 2 is 1.89 bits per heavy atom. The van der Waals surface area contributed by atoms with E-state index in [1.54, 1.807) is 12.7 Å². The normalized spacial score (nSPS) is 23.7. The smallest absolute Gasteiger partial charge is 0.119 e. The average molecular weight is 242 g/mol. The summed E-state index contributed by atoms with van der Waals surface area (Å²) in [4.78, 5) is 0. The molecule has 1 nitrogen and oxygen atoms in total. The number of hydrogen-bond acceptors (Lipinski definition) is 1. The molecule has 0 radical (unpaired) electrons. The molecule has 1 fully saturated rings. The van der Waals surface area contributed by atoms with E-state index in [4.69, 9.17) is 4.74 Å². The number of hydrogen-bond donors (Lipinski definition) is 0. The Morgan fingerprint density at radius 3 is 2.61 bits per heavy atom. The van der Waals surface area contributed by atoms with Crippen molar-refractivity contribution < 1.29 is 4.74 Å². The van der Waals surface area contributed by atoms with Crippen molar-refractivity contribution in [3.8, 4) is 5.75 Å². The molecule has 0 heterocycles. The summed E-state index contributed by atoms with van der Waals surface area (Å²) in [6.07, 6.45) is 9.41. The van der Waals surface area contributed by atoms with Gasteiger partial charge < -0.3 is 4.74 Å². The monoisotopic (exact) mass is 242 g/mol. The molecule has 2 aliphatic carbocycles. The Bertz CT molecular complexity index is 466. The van der Waals surface area contributed by atoms with Crippen molar-refractivity contribution in [2.75, 3.05) is 7.11 Å². The van der Waals surface area contributed by atoms with Crippen LogP contribution in [0.1, 0.15) is 56.1 Å². The van der Waals surface area contributed by atoms with Gasteiger partial charge in [-0.05, 0) is 48.9 Å². The van der Waals surface area contributed by atoms with Crippen molar-refractivity contribution in [1.82, 2.24) is 0 Å². The summed E-state index contributed by atoms with van der Waals surface area (Å²) >= 11 is 0. The van der Waals surface area contributed by atoms with Gasteiger partial charge >= 0.3 is 0 Å². The third kappa shape index (κ3) is 1.96. The maximum atomic E-state index is 5.39. The van der Waals surface area contributed by atoms with E-state index in [2.05, 4.69) is 31.2 Å². The van der Waals surface area contributed by atoms with Crippen LogP contribution < -0.4 is 4.74 Å². The first kappa shape index (κ1) is 11.8. The molecule has 1 atom stereocenters. The molecule has 0 aliphatic heterocycles. The van der Waals surface area contributed by atoms with Crippen LogP contribution in [0.3, 0.4) is 0 Å². The van der Waals surface area contributed by atoms with Gasteiger partial charge in [-0.1, -0.05) is 37.0 Å². The molecule has 0 aromatic heterocycles. The van der Waals surface area contributed by atoms with Crippen molar-refractivity contribution in [3.63, 3.8) is 0 Å². The first-order chi connectivity index (χ1) is 8.79. The summed E-state index contributed by atoms with van der Waals surface area (Å²) in [6.45, 7) is 2.30. The number of fused-ring (bicyclic) bond motifs is 1. The number of ether oxygens (including phenoxy) is 1. The molecule has 0 spiro atoms. The highest BCUT2D eigenvalue weighted by molar-refractivity contribution is 5.67. The summed E-state index contributed by atoms with van der Waals surface area (Å²) in [5, 5.41) is 0. The molecule has 0 saturated heterocycles. The summed E-state index contributed by atoms with van der Waals surface area (Å²) < 4.78 is 5.39. The quantitative estimate of drug-likeness (QED) is 0.725. The molecule has 1 aromatic rings. The van der Waals surface area contributed by atoms with Gasteiger partial charge in [0.05, 0.1) is 7.11 Å². The summed E-state index contributed by atoms with van der Waals surface area (Å²) in [7, 11) is 1.76. The fraction of sp³-hybridized carbons (Fsp3) is 0.529. The summed E-state index contributed by atoms with van der Waals surface area (Å²) in [5.41, 5.74) is 4.45. The van der Waals surface area contributed by atoms with Gasteiger partial charge in [-0.15, -0.1) is 0 Å². The zero-order valence-electron chi connectivity index (χ0n) is 11.4. The lowest BCUT2D eigenvalue weighted by molar-refractivity contribution is 0.326. The minimum atomic E-state index is 0.649. The van der Waals surface area contributed by atoms with E-state index < -0.39 is 0 Å². The molecule has 1 heteroatoms. The van der Waals surface area contributed by atoms with Crippen LogP contribution in [0.25, 0.3) is 6.08 Å². The molecular formula is C17H22O. The highest BCUT2D eigenvalue weighted by Gasteiger charge is 2.31. The van der Waals surface area contributed by atoms with Crippen LogP contribution in [-0.4, -0.2) is 7.11 Å². The van der Waals surface area contributed by atoms with Crippen molar-refractivity contribution in [2.24, 2.45) is 5.92 Å². The highest BCUT2D eigenvalue weighted by atomic mass is 16.5. The van der Waals surface area contributed by atoms with Crippen LogP contribution in [0, 0.1) is 5.92 Å². The highest BCUT2D eigenvalue weighted by Crippen LogP contribution is 2.46. The van der Waals surface area contributed by atoms with Gasteiger partial charge in [-0.3, -0.25) is 0 Å². The largest absolute Gasteiger partial charge is 0.497 e. The van der Waals surface area contributed by atoms with Gasteiger partial charge in [0.2, 0.25) is 0 Å². The van der Waals surface area contributed by atoms with Gasteiger partial charge in [-0.25, -0.2) is 0 Å². The van der Waals surface area contributed by atoms with Crippen LogP contribution in [0.5, 0.6) is 5.75 Å². The first-order valence-corrected chi connectivity index (χ1v) is 7.15. The molecule has 1 unspecified atom stereocenters. The van der Waals surface area contributed by atoms with E-state index >= 15 is 0 Å². The molecule has 2 aliphatic rings. The molecule has 1 saturated carbocycles. The molecule has 3 rings (SSSR count). The minimum Gasteiger partial charge on any atom is -0.497 e. The van der Waals surface area contributed by atoms with E-state index in [1.807, 2.05) is 0 Å². The predicted molar refractivity (Wildman–Crippen MR) is 76.0 cm³/mol. The van der Waals surface area contributed by atoms with Gasteiger partial charge in [0.1, 0.15) is 5.75 Å². The SMILES string of the molecule is COc1ccc2c(c1)C(C1CCCCC1)C(C)=C2. The molecule has 18 heavy (non-hydrogen) atoms. The zero-order valence-corrected chi connectivity index (χ0v) is 11.4. The Kier molecular flexibility index (Phi) is 3.15. The predicted octanol–water partition coefficient (Wildman–Crippen LogP) is 4.78. The van der Waals surface area contributed by atoms with Crippen LogP contribution in [0.2, 0.25) is 0 Å². The lowest BCUT2D eigenvalue weighted by Crippen LogP contribution is -2.16. The van der Waals surface area contributed by atoms with Crippen molar-refractivity contribution in [1.29, 1.82) is 0 Å². The van der Waals surface area contributed by atoms with Crippen LogP contribution in [0.4, 0.5) is 0 Å². The van der Waals surface area contributed by atoms with E-state index in [0.29, 0.717) is 5.92 Å². The Labute approximate surface area is 110 Å². The van der Waals surface area contributed by atoms with E-state index in [9.17, 15) is 0 Å². The minimum absolute atomic E-state index is 0.649. The number of rotatable bonds is 2.